The summed E-state index contributed by atoms with van der Waals surface area (Å²) in [6, 6.07) is 0. The largest absolute Gasteiger partial charge is 0.399 e. The molecule has 0 N–H and O–H groups in total. The first kappa shape index (κ1) is 7.14. The van der Waals surface area contributed by atoms with Crippen molar-refractivity contribution in [2.75, 3.05) is 14.2 Å². The summed E-state index contributed by atoms with van der Waals surface area (Å²) in [5.41, 5.74) is 0. The molecule has 0 amide bonds. The van der Waals surface area contributed by atoms with Crippen molar-refractivity contribution >= 4 is 12.4 Å². The van der Waals surface area contributed by atoms with Crippen molar-refractivity contribution in [2.45, 2.75) is 6.42 Å². The summed E-state index contributed by atoms with van der Waals surface area (Å²) < 4.78 is 0. The number of hydrogen-bond donors (Lipinski definition) is 0. The van der Waals surface area contributed by atoms with Crippen LogP contribution in [-0.2, 0) is 4.84 Å². The Hall–Kier alpha value is -0.860. The molecule has 0 spiro atoms. The zero-order valence-corrected chi connectivity index (χ0v) is 5.16. The van der Waals surface area contributed by atoms with Crippen LogP contribution in [-0.4, -0.2) is 26.6 Å². The molecule has 0 aliphatic rings. The van der Waals surface area contributed by atoms with Crippen molar-refractivity contribution in [2.24, 2.45) is 10.1 Å². The molecule has 0 heterocycles. The molecular formula is C5H10N2O. The Labute approximate surface area is 49.1 Å². The number of rotatable bonds is 3. The second-order valence-corrected chi connectivity index (χ2v) is 1.15. The number of aliphatic imine (C=N–C) groups is 1. The highest BCUT2D eigenvalue weighted by atomic mass is 16.6. The summed E-state index contributed by atoms with van der Waals surface area (Å²) >= 11 is 0. The van der Waals surface area contributed by atoms with Gasteiger partial charge < -0.3 is 9.83 Å². The maximum atomic E-state index is 4.40. The molecule has 46 valence electrons. The van der Waals surface area contributed by atoms with Gasteiger partial charge in [-0.1, -0.05) is 5.16 Å². The van der Waals surface area contributed by atoms with Crippen molar-refractivity contribution in [3.05, 3.63) is 0 Å². The summed E-state index contributed by atoms with van der Waals surface area (Å²) in [5.74, 6) is 0. The van der Waals surface area contributed by atoms with Gasteiger partial charge in [-0.3, -0.25) is 0 Å². The molecule has 0 aromatic rings. The van der Waals surface area contributed by atoms with E-state index in [1.807, 2.05) is 0 Å². The van der Waals surface area contributed by atoms with Gasteiger partial charge in [0.05, 0.1) is 0 Å². The smallest absolute Gasteiger partial charge is 0.106 e. The Kier molecular flexibility index (Phi) is 5.48. The lowest BCUT2D eigenvalue weighted by Crippen LogP contribution is -1.77. The van der Waals surface area contributed by atoms with Gasteiger partial charge in [-0.2, -0.15) is 0 Å². The van der Waals surface area contributed by atoms with E-state index in [1.54, 1.807) is 19.5 Å². The van der Waals surface area contributed by atoms with Gasteiger partial charge in [0, 0.05) is 25.9 Å². The summed E-state index contributed by atoms with van der Waals surface area (Å²) in [6.07, 6.45) is 4.14. The highest BCUT2D eigenvalue weighted by molar-refractivity contribution is 5.78. The average Bonchev–Trinajstić information content (AvgIpc) is 1.81. The lowest BCUT2D eigenvalue weighted by Gasteiger charge is -1.80. The third-order valence-electron chi connectivity index (χ3n) is 0.573. The molecule has 0 bridgehead atoms. The molecule has 0 aliphatic carbocycles. The molecule has 3 nitrogen and oxygen atoms in total. The van der Waals surface area contributed by atoms with E-state index in [1.165, 1.54) is 7.11 Å². The minimum absolute atomic E-state index is 0.740. The second kappa shape index (κ2) is 6.14. The third-order valence-corrected chi connectivity index (χ3v) is 0.573. The van der Waals surface area contributed by atoms with Gasteiger partial charge in [-0.15, -0.1) is 0 Å². The van der Waals surface area contributed by atoms with E-state index < -0.39 is 0 Å². The summed E-state index contributed by atoms with van der Waals surface area (Å²) in [7, 11) is 3.24. The van der Waals surface area contributed by atoms with E-state index in [0.29, 0.717) is 0 Å². The molecule has 0 fully saturated rings. The standard InChI is InChI=1S/C5H10N2O/c1-6-4-3-5-7-8-2/h4-5H,3H2,1-2H3/b6-4?,7-5-. The van der Waals surface area contributed by atoms with Crippen molar-refractivity contribution in [3.8, 4) is 0 Å². The monoisotopic (exact) mass is 114 g/mol. The molecule has 0 aromatic heterocycles. The number of nitrogens with zero attached hydrogens (tertiary/aromatic N) is 2. The van der Waals surface area contributed by atoms with Gasteiger partial charge in [0.2, 0.25) is 0 Å². The number of oxime groups is 1. The fourth-order valence-electron chi connectivity index (χ4n) is 0.270. The molecule has 0 aromatic carbocycles. The maximum Gasteiger partial charge on any atom is 0.106 e. The van der Waals surface area contributed by atoms with Gasteiger partial charge >= 0.3 is 0 Å². The van der Waals surface area contributed by atoms with Gasteiger partial charge in [0.1, 0.15) is 7.11 Å². The van der Waals surface area contributed by atoms with E-state index in [0.717, 1.165) is 6.42 Å². The van der Waals surface area contributed by atoms with Gasteiger partial charge in [-0.25, -0.2) is 0 Å². The minimum Gasteiger partial charge on any atom is -0.399 e. The van der Waals surface area contributed by atoms with Gasteiger partial charge in [-0.05, 0) is 0 Å². The molecular weight excluding hydrogens is 104 g/mol. The van der Waals surface area contributed by atoms with Crippen LogP contribution in [0, 0.1) is 0 Å². The first-order chi connectivity index (χ1) is 3.91. The Balaban J connectivity index is 3.03. The first-order valence-corrected chi connectivity index (χ1v) is 2.37. The van der Waals surface area contributed by atoms with E-state index >= 15 is 0 Å². The van der Waals surface area contributed by atoms with Crippen LogP contribution in [0.15, 0.2) is 10.1 Å². The lowest BCUT2D eigenvalue weighted by atomic mass is 10.5. The van der Waals surface area contributed by atoms with E-state index in [4.69, 9.17) is 0 Å². The highest BCUT2D eigenvalue weighted by Crippen LogP contribution is 1.68. The summed E-state index contributed by atoms with van der Waals surface area (Å²) in [6.45, 7) is 0. The molecule has 0 saturated heterocycles. The van der Waals surface area contributed by atoms with Crippen LogP contribution >= 0.6 is 0 Å². The van der Waals surface area contributed by atoms with Crippen molar-refractivity contribution in [1.29, 1.82) is 0 Å². The molecule has 0 atom stereocenters. The van der Waals surface area contributed by atoms with Crippen LogP contribution in [0.5, 0.6) is 0 Å². The zero-order chi connectivity index (χ0) is 6.24. The molecule has 0 saturated carbocycles. The first-order valence-electron chi connectivity index (χ1n) is 2.37. The topological polar surface area (TPSA) is 34.0 Å². The second-order valence-electron chi connectivity index (χ2n) is 1.15. The Bertz CT molecular complexity index is 88.4. The van der Waals surface area contributed by atoms with Crippen molar-refractivity contribution in [3.63, 3.8) is 0 Å². The molecule has 8 heavy (non-hydrogen) atoms. The zero-order valence-electron chi connectivity index (χ0n) is 5.16. The molecule has 0 rings (SSSR count). The van der Waals surface area contributed by atoms with Crippen LogP contribution in [0.25, 0.3) is 0 Å². The van der Waals surface area contributed by atoms with Crippen LogP contribution < -0.4 is 0 Å². The van der Waals surface area contributed by atoms with Crippen LogP contribution in [0.2, 0.25) is 0 Å². The average molecular weight is 114 g/mol. The lowest BCUT2D eigenvalue weighted by molar-refractivity contribution is 0.215. The summed E-state index contributed by atoms with van der Waals surface area (Å²) in [5, 5.41) is 3.49. The van der Waals surface area contributed by atoms with Gasteiger partial charge in [0.15, 0.2) is 0 Å². The predicted molar refractivity (Wildman–Crippen MR) is 34.5 cm³/mol. The molecule has 0 unspecified atom stereocenters. The molecule has 3 heteroatoms. The van der Waals surface area contributed by atoms with Crippen LogP contribution in [0.3, 0.4) is 0 Å². The number of hydrogen-bond acceptors (Lipinski definition) is 3. The maximum absolute atomic E-state index is 4.40. The fraction of sp³-hybridized carbons (Fsp3) is 0.600. The van der Waals surface area contributed by atoms with E-state index in [9.17, 15) is 0 Å². The quantitative estimate of drug-likeness (QED) is 0.393. The normalized spacial score (nSPS) is 11.2. The molecule has 0 aliphatic heterocycles. The van der Waals surface area contributed by atoms with E-state index in [2.05, 4.69) is 15.0 Å². The minimum atomic E-state index is 0.740. The van der Waals surface area contributed by atoms with Crippen molar-refractivity contribution in [1.82, 2.24) is 0 Å². The highest BCUT2D eigenvalue weighted by Gasteiger charge is 1.67. The Morgan fingerprint density at radius 2 is 2.25 bits per heavy atom. The third kappa shape index (κ3) is 5.14. The molecule has 0 radical (unpaired) electrons. The van der Waals surface area contributed by atoms with Crippen LogP contribution in [0.1, 0.15) is 6.42 Å². The van der Waals surface area contributed by atoms with E-state index in [-0.39, 0.29) is 0 Å². The van der Waals surface area contributed by atoms with Crippen LogP contribution in [0.4, 0.5) is 0 Å². The fourth-order valence-corrected chi connectivity index (χ4v) is 0.270. The summed E-state index contributed by atoms with van der Waals surface area (Å²) in [4.78, 5) is 8.13. The van der Waals surface area contributed by atoms with Gasteiger partial charge in [0.25, 0.3) is 0 Å². The predicted octanol–water partition coefficient (Wildman–Crippen LogP) is 0.709. The van der Waals surface area contributed by atoms with Crippen molar-refractivity contribution < 1.29 is 4.84 Å². The Morgan fingerprint density at radius 1 is 1.50 bits per heavy atom. The Morgan fingerprint density at radius 3 is 2.75 bits per heavy atom. The SMILES string of the molecule is CN=CC/C=N\OC.